The van der Waals surface area contributed by atoms with Crippen LogP contribution in [0.5, 0.6) is 0 Å². The van der Waals surface area contributed by atoms with E-state index in [1.165, 1.54) is 13.0 Å². The predicted molar refractivity (Wildman–Crippen MR) is 101 cm³/mol. The predicted octanol–water partition coefficient (Wildman–Crippen LogP) is -3.53. The molecule has 2 saturated heterocycles. The topological polar surface area (TPSA) is 213 Å². The first-order valence-corrected chi connectivity index (χ1v) is 11.0. The van der Waals surface area contributed by atoms with Crippen LogP contribution in [0.1, 0.15) is 13.8 Å². The van der Waals surface area contributed by atoms with Crippen molar-refractivity contribution in [3.63, 3.8) is 0 Å². The molecule has 186 valence electrons. The zero-order chi connectivity index (χ0) is 24.2. The molecule has 0 aromatic carbocycles. The van der Waals surface area contributed by atoms with Crippen molar-refractivity contribution >= 4 is 16.3 Å². The van der Waals surface area contributed by atoms with Crippen LogP contribution in [0.3, 0.4) is 0 Å². The van der Waals surface area contributed by atoms with E-state index in [0.717, 1.165) is 6.92 Å². The van der Waals surface area contributed by atoms with Crippen LogP contribution >= 0.6 is 0 Å². The van der Waals surface area contributed by atoms with Gasteiger partial charge in [-0.3, -0.25) is 8.98 Å². The molecule has 0 aromatic rings. The Bertz CT molecular complexity index is 749. The molecule has 32 heavy (non-hydrogen) atoms. The minimum Gasteiger partial charge on any atom is -0.726 e. The first-order valence-electron chi connectivity index (χ1n) is 9.64. The average Bonchev–Trinajstić information content (AvgIpc) is 2.70. The van der Waals surface area contributed by atoms with E-state index in [-0.39, 0.29) is 6.61 Å². The van der Waals surface area contributed by atoms with E-state index >= 15 is 0 Å². The van der Waals surface area contributed by atoms with Gasteiger partial charge in [0, 0.05) is 6.92 Å². The van der Waals surface area contributed by atoms with Gasteiger partial charge < -0.3 is 49.2 Å². The number of nitrogens with one attached hydrogen (secondary N) is 1. The zero-order valence-electron chi connectivity index (χ0n) is 17.3. The standard InChI is InChI=1S/C17H29NO13S/c1-4-5-27-17-13(23)15(11(21)7(2)28-17)30-16-10(18-8(3)20)14(31-32(24,25)26)12(22)9(6-19)29-16/h4,7,9-17,19,21-23H,1,5-6H2,2-3H3,(H,18,20)(H,24,25,26)/p-1/t7-,9+,10+,11+,12+,13-,14+,15+,16-,17+/m0/s1. The second-order valence-corrected chi connectivity index (χ2v) is 8.33. The van der Waals surface area contributed by atoms with E-state index < -0.39 is 84.3 Å². The highest BCUT2D eigenvalue weighted by molar-refractivity contribution is 7.80. The van der Waals surface area contributed by atoms with E-state index in [4.69, 9.17) is 18.9 Å². The highest BCUT2D eigenvalue weighted by Gasteiger charge is 2.52. The van der Waals surface area contributed by atoms with Gasteiger partial charge in [-0.25, -0.2) is 8.42 Å². The van der Waals surface area contributed by atoms with Crippen LogP contribution < -0.4 is 5.32 Å². The molecule has 0 saturated carbocycles. The molecule has 0 aromatic heterocycles. The lowest BCUT2D eigenvalue weighted by atomic mass is 9.95. The minimum absolute atomic E-state index is 0.00175. The Labute approximate surface area is 184 Å². The summed E-state index contributed by atoms with van der Waals surface area (Å²) in [6.45, 7) is 5.17. The second-order valence-electron chi connectivity index (χ2n) is 7.32. The number of hydrogen-bond acceptors (Lipinski definition) is 13. The quantitative estimate of drug-likeness (QED) is 0.121. The molecule has 0 unspecified atom stereocenters. The van der Waals surface area contributed by atoms with Crippen molar-refractivity contribution in [2.45, 2.75) is 75.2 Å². The summed E-state index contributed by atoms with van der Waals surface area (Å²) in [6, 6.07) is -1.58. The van der Waals surface area contributed by atoms with Crippen LogP contribution in [0.4, 0.5) is 0 Å². The Hall–Kier alpha value is -1.24. The molecule has 0 aliphatic carbocycles. The molecule has 10 atom stereocenters. The lowest BCUT2D eigenvalue weighted by Crippen LogP contribution is -2.68. The Kier molecular flexibility index (Phi) is 9.50. The maximum atomic E-state index is 11.7. The Balaban J connectivity index is 2.35. The minimum atomic E-state index is -5.37. The molecule has 0 spiro atoms. The molecule has 0 bridgehead atoms. The number of carbonyl (C=O) groups excluding carboxylic acids is 1. The summed E-state index contributed by atoms with van der Waals surface area (Å²) in [7, 11) is -5.37. The summed E-state index contributed by atoms with van der Waals surface area (Å²) < 4.78 is 59.7. The van der Waals surface area contributed by atoms with E-state index in [1.54, 1.807) is 0 Å². The molecule has 1 amide bonds. The second kappa shape index (κ2) is 11.3. The Morgan fingerprint density at radius 1 is 1.16 bits per heavy atom. The fraction of sp³-hybridized carbons (Fsp3) is 0.824. The number of ether oxygens (including phenoxy) is 4. The van der Waals surface area contributed by atoms with E-state index in [0.29, 0.717) is 0 Å². The maximum Gasteiger partial charge on any atom is 0.218 e. The van der Waals surface area contributed by atoms with Crippen molar-refractivity contribution in [3.8, 4) is 0 Å². The molecule has 0 radical (unpaired) electrons. The van der Waals surface area contributed by atoms with Crippen molar-refractivity contribution in [1.29, 1.82) is 0 Å². The van der Waals surface area contributed by atoms with Crippen LogP contribution in [-0.2, 0) is 38.3 Å². The summed E-state index contributed by atoms with van der Waals surface area (Å²) >= 11 is 0. The largest absolute Gasteiger partial charge is 0.726 e. The normalized spacial score (nSPS) is 40.6. The Morgan fingerprint density at radius 3 is 2.34 bits per heavy atom. The fourth-order valence-corrected chi connectivity index (χ4v) is 3.94. The van der Waals surface area contributed by atoms with Gasteiger partial charge >= 0.3 is 0 Å². The summed E-state index contributed by atoms with van der Waals surface area (Å²) in [5, 5.41) is 43.1. The van der Waals surface area contributed by atoms with Gasteiger partial charge in [-0.15, -0.1) is 6.58 Å². The first-order chi connectivity index (χ1) is 14.9. The molecule has 2 rings (SSSR count). The van der Waals surface area contributed by atoms with Gasteiger partial charge in [0.1, 0.15) is 42.7 Å². The van der Waals surface area contributed by atoms with E-state index in [2.05, 4.69) is 16.1 Å². The Morgan fingerprint density at radius 2 is 1.81 bits per heavy atom. The number of hydrogen-bond donors (Lipinski definition) is 5. The zero-order valence-corrected chi connectivity index (χ0v) is 18.2. The molecule has 14 nitrogen and oxygen atoms in total. The van der Waals surface area contributed by atoms with Crippen LogP contribution in [-0.4, -0.2) is 114 Å². The summed E-state index contributed by atoms with van der Waals surface area (Å²) in [5.41, 5.74) is 0. The van der Waals surface area contributed by atoms with Crippen LogP contribution in [0.25, 0.3) is 0 Å². The SMILES string of the molecule is C=CCO[C@@H]1O[C@@H](C)[C@@H](O)[C@@H](O[C@@H]2O[C@H](CO)[C@@H](O)[C@H](OS(=O)(=O)[O-])[C@H]2NC(C)=O)[C@@H]1O. The third-order valence-electron chi connectivity index (χ3n) is 4.90. The number of aliphatic hydroxyl groups is 4. The van der Waals surface area contributed by atoms with Gasteiger partial charge in [0.25, 0.3) is 0 Å². The summed E-state index contributed by atoms with van der Waals surface area (Å²) in [5.74, 6) is -0.729. The van der Waals surface area contributed by atoms with Crippen molar-refractivity contribution in [3.05, 3.63) is 12.7 Å². The number of carbonyl (C=O) groups is 1. The highest BCUT2D eigenvalue weighted by Crippen LogP contribution is 2.31. The molecular weight excluding hydrogens is 458 g/mol. The van der Waals surface area contributed by atoms with Crippen molar-refractivity contribution in [2.75, 3.05) is 13.2 Å². The van der Waals surface area contributed by atoms with Crippen LogP contribution in [0.2, 0.25) is 0 Å². The highest BCUT2D eigenvalue weighted by atomic mass is 32.3. The maximum absolute atomic E-state index is 11.7. The van der Waals surface area contributed by atoms with Gasteiger partial charge in [-0.1, -0.05) is 6.08 Å². The first kappa shape index (κ1) is 27.0. The molecule has 15 heteroatoms. The summed E-state index contributed by atoms with van der Waals surface area (Å²) in [4.78, 5) is 11.7. The van der Waals surface area contributed by atoms with Gasteiger partial charge in [0.15, 0.2) is 12.6 Å². The van der Waals surface area contributed by atoms with E-state index in [1.807, 2.05) is 0 Å². The van der Waals surface area contributed by atoms with Crippen molar-refractivity contribution in [2.24, 2.45) is 0 Å². The molecule has 2 heterocycles. The van der Waals surface area contributed by atoms with Crippen LogP contribution in [0, 0.1) is 0 Å². The molecule has 2 aliphatic heterocycles. The molecule has 5 N–H and O–H groups in total. The van der Waals surface area contributed by atoms with Crippen molar-refractivity contribution < 1.29 is 61.3 Å². The number of amides is 1. The third kappa shape index (κ3) is 6.64. The molecule has 2 aliphatic rings. The molecule has 2 fully saturated rings. The van der Waals surface area contributed by atoms with Crippen molar-refractivity contribution in [1.82, 2.24) is 5.32 Å². The fourth-order valence-electron chi connectivity index (χ4n) is 3.43. The lowest BCUT2D eigenvalue weighted by molar-refractivity contribution is -0.341. The van der Waals surface area contributed by atoms with Gasteiger partial charge in [0.05, 0.1) is 19.3 Å². The van der Waals surface area contributed by atoms with Gasteiger partial charge in [-0.2, -0.15) is 0 Å². The third-order valence-corrected chi connectivity index (χ3v) is 5.36. The number of aliphatic hydroxyl groups excluding tert-OH is 4. The number of rotatable bonds is 9. The van der Waals surface area contributed by atoms with Gasteiger partial charge in [-0.05, 0) is 6.92 Å². The summed E-state index contributed by atoms with van der Waals surface area (Å²) in [6.07, 6.45) is -12.1. The lowest BCUT2D eigenvalue weighted by Gasteiger charge is -2.47. The molecular formula is C17H28NO13S-. The smallest absolute Gasteiger partial charge is 0.218 e. The van der Waals surface area contributed by atoms with Crippen LogP contribution in [0.15, 0.2) is 12.7 Å². The monoisotopic (exact) mass is 486 g/mol. The van der Waals surface area contributed by atoms with Gasteiger partial charge in [0.2, 0.25) is 16.3 Å². The average molecular weight is 486 g/mol. The van der Waals surface area contributed by atoms with E-state index in [9.17, 15) is 38.2 Å².